The average Bonchev–Trinajstić information content (AvgIpc) is 2.58. The van der Waals surface area contributed by atoms with E-state index in [1.165, 1.54) is 18.3 Å². The van der Waals surface area contributed by atoms with Crippen LogP contribution >= 0.6 is 0 Å². The molecule has 0 aromatic heterocycles. The van der Waals surface area contributed by atoms with Gasteiger partial charge in [0.1, 0.15) is 0 Å². The smallest absolute Gasteiger partial charge is 0.276 e. The second-order valence-electron chi connectivity index (χ2n) is 5.24. The highest BCUT2D eigenvalue weighted by Crippen LogP contribution is 2.28. The van der Waals surface area contributed by atoms with Crippen LogP contribution in [0.3, 0.4) is 0 Å². The maximum Gasteiger partial charge on any atom is 0.276 e. The molecule has 2 aromatic carbocycles. The van der Waals surface area contributed by atoms with E-state index in [-0.39, 0.29) is 4.90 Å². The molecule has 6 nitrogen and oxygen atoms in total. The third kappa shape index (κ3) is 5.22. The first-order chi connectivity index (χ1) is 12.0. The van der Waals surface area contributed by atoms with E-state index in [4.69, 9.17) is 9.47 Å². The molecule has 0 aliphatic heterocycles. The van der Waals surface area contributed by atoms with E-state index in [9.17, 15) is 8.42 Å². The Morgan fingerprint density at radius 2 is 1.64 bits per heavy atom. The number of hydrazone groups is 1. The fourth-order valence-electron chi connectivity index (χ4n) is 2.09. The van der Waals surface area contributed by atoms with Crippen molar-refractivity contribution in [1.29, 1.82) is 0 Å². The molecule has 2 rings (SSSR count). The summed E-state index contributed by atoms with van der Waals surface area (Å²) in [5.41, 5.74) is 1.68. The summed E-state index contributed by atoms with van der Waals surface area (Å²) < 4.78 is 35.4. The Labute approximate surface area is 148 Å². The molecule has 0 atom stereocenters. The molecular weight excluding hydrogens is 340 g/mol. The summed E-state index contributed by atoms with van der Waals surface area (Å²) in [5.74, 6) is 1.23. The van der Waals surface area contributed by atoms with Gasteiger partial charge >= 0.3 is 0 Å². The molecule has 134 valence electrons. The number of hydrogen-bond acceptors (Lipinski definition) is 5. The highest BCUT2D eigenvalue weighted by molar-refractivity contribution is 7.89. The molecule has 7 heteroatoms. The standard InChI is InChI=1S/C18H22N2O4S/c1-4-23-17-11-8-15(12-18(17)24-5-2)13-19-20-25(21,22)16-9-6-14(3)7-10-16/h6-13,20H,4-5H2,1-3H3/b19-13+. The third-order valence-electron chi connectivity index (χ3n) is 3.29. The summed E-state index contributed by atoms with van der Waals surface area (Å²) in [4.78, 5) is 2.37. The van der Waals surface area contributed by atoms with Crippen LogP contribution in [-0.2, 0) is 10.0 Å². The van der Waals surface area contributed by atoms with Gasteiger partial charge in [-0.3, -0.25) is 0 Å². The van der Waals surface area contributed by atoms with Crippen LogP contribution in [0.1, 0.15) is 25.0 Å². The molecule has 0 unspecified atom stereocenters. The second kappa shape index (κ2) is 8.53. The van der Waals surface area contributed by atoms with Crippen LogP contribution in [-0.4, -0.2) is 27.8 Å². The minimum Gasteiger partial charge on any atom is -0.490 e. The van der Waals surface area contributed by atoms with Crippen LogP contribution in [0.4, 0.5) is 0 Å². The first-order valence-corrected chi connectivity index (χ1v) is 9.45. The zero-order chi connectivity index (χ0) is 18.3. The van der Waals surface area contributed by atoms with Gasteiger partial charge in [-0.05, 0) is 56.7 Å². The molecule has 1 N–H and O–H groups in total. The van der Waals surface area contributed by atoms with Crippen molar-refractivity contribution in [2.24, 2.45) is 5.10 Å². The lowest BCUT2D eigenvalue weighted by atomic mass is 10.2. The molecule has 0 fully saturated rings. The quantitative estimate of drug-likeness (QED) is 0.578. The molecule has 25 heavy (non-hydrogen) atoms. The summed E-state index contributed by atoms with van der Waals surface area (Å²) in [7, 11) is -3.69. The van der Waals surface area contributed by atoms with Gasteiger partial charge < -0.3 is 9.47 Å². The van der Waals surface area contributed by atoms with Crippen LogP contribution in [0, 0.1) is 6.92 Å². The van der Waals surface area contributed by atoms with E-state index in [1.807, 2.05) is 20.8 Å². The molecule has 0 radical (unpaired) electrons. The van der Waals surface area contributed by atoms with Crippen molar-refractivity contribution >= 4 is 16.2 Å². The van der Waals surface area contributed by atoms with E-state index < -0.39 is 10.0 Å². The van der Waals surface area contributed by atoms with E-state index in [0.29, 0.717) is 30.3 Å². The molecule has 0 amide bonds. The first-order valence-electron chi connectivity index (χ1n) is 7.97. The molecular formula is C18H22N2O4S. The fraction of sp³-hybridized carbons (Fsp3) is 0.278. The van der Waals surface area contributed by atoms with Crippen LogP contribution in [0.5, 0.6) is 11.5 Å². The van der Waals surface area contributed by atoms with Gasteiger partial charge in [0.25, 0.3) is 10.0 Å². The summed E-state index contributed by atoms with van der Waals surface area (Å²) in [6, 6.07) is 11.8. The highest BCUT2D eigenvalue weighted by atomic mass is 32.2. The molecule has 0 saturated heterocycles. The van der Waals surface area contributed by atoms with E-state index in [2.05, 4.69) is 9.93 Å². The monoisotopic (exact) mass is 362 g/mol. The number of nitrogens with one attached hydrogen (secondary N) is 1. The van der Waals surface area contributed by atoms with Crippen LogP contribution in [0.2, 0.25) is 0 Å². The fourth-order valence-corrected chi connectivity index (χ4v) is 2.88. The Bertz CT molecular complexity index is 831. The predicted octanol–water partition coefficient (Wildman–Crippen LogP) is 3.10. The lowest BCUT2D eigenvalue weighted by Crippen LogP contribution is -2.18. The molecule has 0 aliphatic rings. The Kier molecular flexibility index (Phi) is 6.41. The van der Waals surface area contributed by atoms with Gasteiger partial charge in [0.2, 0.25) is 0 Å². The number of rotatable bonds is 8. The lowest BCUT2D eigenvalue weighted by molar-refractivity contribution is 0.288. The molecule has 0 spiro atoms. The molecule has 2 aromatic rings. The lowest BCUT2D eigenvalue weighted by Gasteiger charge is -2.11. The second-order valence-corrected chi connectivity index (χ2v) is 6.90. The van der Waals surface area contributed by atoms with Gasteiger partial charge in [-0.2, -0.15) is 13.5 Å². The van der Waals surface area contributed by atoms with Crippen molar-refractivity contribution in [1.82, 2.24) is 4.83 Å². The van der Waals surface area contributed by atoms with Gasteiger partial charge in [0, 0.05) is 0 Å². The number of hydrogen-bond donors (Lipinski definition) is 1. The van der Waals surface area contributed by atoms with Crippen molar-refractivity contribution in [2.45, 2.75) is 25.7 Å². The van der Waals surface area contributed by atoms with Crippen molar-refractivity contribution in [2.75, 3.05) is 13.2 Å². The SMILES string of the molecule is CCOc1ccc(/C=N/NS(=O)(=O)c2ccc(C)cc2)cc1OCC. The number of ether oxygens (including phenoxy) is 2. The topological polar surface area (TPSA) is 77.0 Å². The van der Waals surface area contributed by atoms with Crippen molar-refractivity contribution in [3.63, 3.8) is 0 Å². The molecule has 0 heterocycles. The predicted molar refractivity (Wildman–Crippen MR) is 97.9 cm³/mol. The molecule has 0 bridgehead atoms. The average molecular weight is 362 g/mol. The van der Waals surface area contributed by atoms with Crippen LogP contribution in [0.15, 0.2) is 52.5 Å². The number of nitrogens with zero attached hydrogens (tertiary/aromatic N) is 1. The minimum absolute atomic E-state index is 0.164. The van der Waals surface area contributed by atoms with Gasteiger partial charge in [-0.1, -0.05) is 17.7 Å². The Hall–Kier alpha value is -2.54. The normalized spacial score (nSPS) is 11.5. The number of sulfonamides is 1. The zero-order valence-corrected chi connectivity index (χ0v) is 15.3. The Balaban J connectivity index is 2.13. The van der Waals surface area contributed by atoms with Gasteiger partial charge in [0.15, 0.2) is 11.5 Å². The van der Waals surface area contributed by atoms with Crippen LogP contribution in [0.25, 0.3) is 0 Å². The third-order valence-corrected chi connectivity index (χ3v) is 4.52. The van der Waals surface area contributed by atoms with Gasteiger partial charge in [-0.15, -0.1) is 0 Å². The van der Waals surface area contributed by atoms with E-state index in [0.717, 1.165) is 5.56 Å². The number of aryl methyl sites for hydroxylation is 1. The van der Waals surface area contributed by atoms with Crippen molar-refractivity contribution in [3.8, 4) is 11.5 Å². The number of benzene rings is 2. The molecule has 0 aliphatic carbocycles. The summed E-state index contributed by atoms with van der Waals surface area (Å²) in [6.45, 7) is 6.70. The molecule has 0 saturated carbocycles. The summed E-state index contributed by atoms with van der Waals surface area (Å²) in [5, 5.41) is 3.83. The first kappa shape index (κ1) is 18.8. The summed E-state index contributed by atoms with van der Waals surface area (Å²) >= 11 is 0. The highest BCUT2D eigenvalue weighted by Gasteiger charge is 2.12. The van der Waals surface area contributed by atoms with E-state index in [1.54, 1.807) is 30.3 Å². The maximum atomic E-state index is 12.2. The Morgan fingerprint density at radius 1 is 1.00 bits per heavy atom. The zero-order valence-electron chi connectivity index (χ0n) is 14.5. The van der Waals surface area contributed by atoms with E-state index >= 15 is 0 Å². The van der Waals surface area contributed by atoms with Gasteiger partial charge in [-0.25, -0.2) is 4.83 Å². The largest absolute Gasteiger partial charge is 0.490 e. The Morgan fingerprint density at radius 3 is 2.28 bits per heavy atom. The van der Waals surface area contributed by atoms with Crippen LogP contribution < -0.4 is 14.3 Å². The maximum absolute atomic E-state index is 12.2. The minimum atomic E-state index is -3.69. The van der Waals surface area contributed by atoms with Gasteiger partial charge in [0.05, 0.1) is 24.3 Å². The van der Waals surface area contributed by atoms with Crippen molar-refractivity contribution < 1.29 is 17.9 Å². The summed E-state index contributed by atoms with van der Waals surface area (Å²) in [6.07, 6.45) is 1.42. The van der Waals surface area contributed by atoms with Crippen molar-refractivity contribution in [3.05, 3.63) is 53.6 Å².